The predicted octanol–water partition coefficient (Wildman–Crippen LogP) is 0.0989. The molecule has 30 heavy (non-hydrogen) atoms. The van der Waals surface area contributed by atoms with E-state index in [2.05, 4.69) is 4.99 Å². The van der Waals surface area contributed by atoms with Crippen LogP contribution in [0.5, 0.6) is 5.75 Å². The number of allylic oxidation sites excluding steroid dienone is 1. The van der Waals surface area contributed by atoms with Crippen LogP contribution in [-0.4, -0.2) is 27.0 Å². The number of thiazole rings is 1. The van der Waals surface area contributed by atoms with Gasteiger partial charge in [0.1, 0.15) is 0 Å². The number of carbonyl (C=O) groups excluding carboxylic acids is 1. The maximum Gasteiger partial charge on any atom is 0.337 e. The summed E-state index contributed by atoms with van der Waals surface area (Å²) < 4.78 is 6.14. The Bertz CT molecular complexity index is 1300. The molecular formula is C17H13N4O8S-. The Balaban J connectivity index is 2.17. The number of nitro benzene ring substituents is 2. The molecule has 2 aromatic rings. The number of carbonyl (C=O) groups is 1. The standard InChI is InChI=1S/C17H14N4O8S/c1-3-29-16(24)11-7-19-15(23)13(30-17(19)18-8(11)2)5-9-4-10(20(25)26)6-12(14(9)22)21(27)28/h4-6,22H,3,7H2,1-2H3/p-1/b13-5-. The molecule has 0 fully saturated rings. The molecule has 2 heterocycles. The fraction of sp³-hybridized carbons (Fsp3) is 0.235. The first kappa shape index (κ1) is 20.9. The smallest absolute Gasteiger partial charge is 0.337 e. The fourth-order valence-corrected chi connectivity index (χ4v) is 3.77. The van der Waals surface area contributed by atoms with Gasteiger partial charge in [-0.15, -0.1) is 0 Å². The Hall–Kier alpha value is -3.87. The number of nitro groups is 2. The largest absolute Gasteiger partial charge is 0.867 e. The van der Waals surface area contributed by atoms with Crippen LogP contribution >= 0.6 is 11.3 Å². The Kier molecular flexibility index (Phi) is 5.47. The second-order valence-electron chi connectivity index (χ2n) is 6.08. The third kappa shape index (κ3) is 3.69. The first-order chi connectivity index (χ1) is 14.1. The predicted molar refractivity (Wildman–Crippen MR) is 101 cm³/mol. The summed E-state index contributed by atoms with van der Waals surface area (Å²) in [7, 11) is 0. The van der Waals surface area contributed by atoms with Gasteiger partial charge in [0.25, 0.3) is 16.9 Å². The molecule has 156 valence electrons. The lowest BCUT2D eigenvalue weighted by Gasteiger charge is -2.12. The van der Waals surface area contributed by atoms with E-state index < -0.39 is 38.5 Å². The van der Waals surface area contributed by atoms with Crippen molar-refractivity contribution in [1.29, 1.82) is 0 Å². The van der Waals surface area contributed by atoms with Crippen molar-refractivity contribution in [3.63, 3.8) is 0 Å². The van der Waals surface area contributed by atoms with Crippen LogP contribution in [-0.2, 0) is 16.1 Å². The minimum Gasteiger partial charge on any atom is -0.867 e. The third-order valence-electron chi connectivity index (χ3n) is 4.20. The monoisotopic (exact) mass is 433 g/mol. The van der Waals surface area contributed by atoms with Gasteiger partial charge in [-0.3, -0.25) is 29.6 Å². The van der Waals surface area contributed by atoms with Crippen LogP contribution in [0.3, 0.4) is 0 Å². The van der Waals surface area contributed by atoms with Gasteiger partial charge in [0.05, 0.1) is 44.9 Å². The van der Waals surface area contributed by atoms with Gasteiger partial charge in [0, 0.05) is 6.07 Å². The van der Waals surface area contributed by atoms with Gasteiger partial charge in [-0.2, -0.15) is 0 Å². The highest BCUT2D eigenvalue weighted by Gasteiger charge is 2.22. The number of hydrogen-bond acceptors (Lipinski definition) is 10. The number of hydrogen-bond donors (Lipinski definition) is 0. The van der Waals surface area contributed by atoms with Crippen LogP contribution in [0.4, 0.5) is 11.4 Å². The summed E-state index contributed by atoms with van der Waals surface area (Å²) in [5, 5.41) is 34.4. The summed E-state index contributed by atoms with van der Waals surface area (Å²) >= 11 is 0.888. The molecule has 12 nitrogen and oxygen atoms in total. The number of rotatable bonds is 5. The molecule has 1 aliphatic heterocycles. The number of aromatic nitrogens is 1. The van der Waals surface area contributed by atoms with E-state index in [0.717, 1.165) is 23.5 Å². The first-order valence-electron chi connectivity index (χ1n) is 8.44. The topological polar surface area (TPSA) is 170 Å². The van der Waals surface area contributed by atoms with Crippen LogP contribution in [0, 0.1) is 20.2 Å². The van der Waals surface area contributed by atoms with Crippen molar-refractivity contribution in [3.8, 4) is 5.75 Å². The zero-order valence-corrected chi connectivity index (χ0v) is 16.4. The molecule has 0 atom stereocenters. The number of non-ortho nitro benzene ring substituents is 1. The number of nitrogens with zero attached hydrogens (tertiary/aromatic N) is 4. The second-order valence-corrected chi connectivity index (χ2v) is 7.09. The van der Waals surface area contributed by atoms with Crippen molar-refractivity contribution in [2.45, 2.75) is 20.4 Å². The zero-order chi connectivity index (χ0) is 22.2. The Morgan fingerprint density at radius 1 is 1.33 bits per heavy atom. The van der Waals surface area contributed by atoms with Crippen LogP contribution < -0.4 is 20.0 Å². The van der Waals surface area contributed by atoms with E-state index in [1.807, 2.05) is 0 Å². The van der Waals surface area contributed by atoms with E-state index in [-0.39, 0.29) is 33.6 Å². The van der Waals surface area contributed by atoms with Crippen LogP contribution in [0.1, 0.15) is 19.4 Å². The van der Waals surface area contributed by atoms with Crippen LogP contribution in [0.15, 0.2) is 33.2 Å². The number of esters is 1. The normalized spacial score (nSPS) is 13.6. The van der Waals surface area contributed by atoms with Gasteiger partial charge in [-0.05, 0) is 31.2 Å². The van der Waals surface area contributed by atoms with Crippen molar-refractivity contribution in [2.24, 2.45) is 4.99 Å². The highest BCUT2D eigenvalue weighted by atomic mass is 32.1. The summed E-state index contributed by atoms with van der Waals surface area (Å²) in [5.41, 5.74) is -2.02. The molecule has 1 aromatic heterocycles. The lowest BCUT2D eigenvalue weighted by molar-refractivity contribution is -0.403. The molecule has 0 unspecified atom stereocenters. The summed E-state index contributed by atoms with van der Waals surface area (Å²) in [5.74, 6) is -1.66. The van der Waals surface area contributed by atoms with Crippen molar-refractivity contribution in [2.75, 3.05) is 6.61 Å². The SMILES string of the molecule is CCOC(=O)C1=C(C)N=c2s/c(=C\c3cc([N+](=O)[O-])cc([N+](=O)[O-])c3[O-])c(=O)n2C1. The molecule has 0 N–H and O–H groups in total. The van der Waals surface area contributed by atoms with Gasteiger partial charge in [0.2, 0.25) is 0 Å². The average molecular weight is 433 g/mol. The molecule has 0 saturated carbocycles. The lowest BCUT2D eigenvalue weighted by atomic mass is 10.1. The molecule has 13 heteroatoms. The van der Waals surface area contributed by atoms with Crippen molar-refractivity contribution >= 4 is 34.8 Å². The van der Waals surface area contributed by atoms with Crippen LogP contribution in [0.25, 0.3) is 6.08 Å². The minimum atomic E-state index is -1.06. The zero-order valence-electron chi connectivity index (χ0n) is 15.6. The highest BCUT2D eigenvalue weighted by molar-refractivity contribution is 7.07. The van der Waals surface area contributed by atoms with E-state index in [1.54, 1.807) is 13.8 Å². The quantitative estimate of drug-likeness (QED) is 0.363. The average Bonchev–Trinajstić information content (AvgIpc) is 2.97. The Labute approximate surface area is 171 Å². The van der Waals surface area contributed by atoms with Crippen molar-refractivity contribution in [1.82, 2.24) is 4.57 Å². The van der Waals surface area contributed by atoms with Crippen molar-refractivity contribution < 1.29 is 24.5 Å². The summed E-state index contributed by atoms with van der Waals surface area (Å²) in [4.78, 5) is 49.5. The maximum atomic E-state index is 12.7. The molecular weight excluding hydrogens is 420 g/mol. The number of benzene rings is 1. The van der Waals surface area contributed by atoms with E-state index in [1.165, 1.54) is 4.57 Å². The minimum absolute atomic E-state index is 0.0152. The van der Waals surface area contributed by atoms with E-state index in [4.69, 9.17) is 4.74 Å². The van der Waals surface area contributed by atoms with E-state index >= 15 is 0 Å². The molecule has 0 saturated heterocycles. The van der Waals surface area contributed by atoms with Crippen LogP contribution in [0.2, 0.25) is 0 Å². The van der Waals surface area contributed by atoms with Gasteiger partial charge in [0.15, 0.2) is 4.80 Å². The lowest BCUT2D eigenvalue weighted by Crippen LogP contribution is -2.35. The maximum absolute atomic E-state index is 12.7. The molecule has 0 spiro atoms. The molecule has 0 amide bonds. The molecule has 3 rings (SSSR count). The summed E-state index contributed by atoms with van der Waals surface area (Å²) in [6, 6.07) is 1.43. The summed E-state index contributed by atoms with van der Waals surface area (Å²) in [6.07, 6.45) is 1.05. The Morgan fingerprint density at radius 3 is 2.63 bits per heavy atom. The highest BCUT2D eigenvalue weighted by Crippen LogP contribution is 2.32. The molecule has 0 radical (unpaired) electrons. The Morgan fingerprint density at radius 2 is 2.03 bits per heavy atom. The molecule has 1 aromatic carbocycles. The fourth-order valence-electron chi connectivity index (χ4n) is 2.75. The van der Waals surface area contributed by atoms with Crippen molar-refractivity contribution in [3.05, 3.63) is 68.9 Å². The molecule has 1 aliphatic rings. The van der Waals surface area contributed by atoms with E-state index in [0.29, 0.717) is 11.8 Å². The molecule has 0 bridgehead atoms. The second kappa shape index (κ2) is 7.87. The van der Waals surface area contributed by atoms with E-state index in [9.17, 15) is 34.9 Å². The number of ether oxygens (including phenoxy) is 1. The summed E-state index contributed by atoms with van der Waals surface area (Å²) in [6.45, 7) is 3.29. The van der Waals surface area contributed by atoms with Gasteiger partial charge < -0.3 is 9.84 Å². The first-order valence-corrected chi connectivity index (χ1v) is 9.26. The third-order valence-corrected chi connectivity index (χ3v) is 5.21. The van der Waals surface area contributed by atoms with Gasteiger partial charge in [-0.1, -0.05) is 11.3 Å². The van der Waals surface area contributed by atoms with Gasteiger partial charge in [-0.25, -0.2) is 9.79 Å². The number of fused-ring (bicyclic) bond motifs is 1. The molecule has 0 aliphatic carbocycles. The van der Waals surface area contributed by atoms with Gasteiger partial charge >= 0.3 is 5.97 Å².